The number of alkyl halides is 4. The summed E-state index contributed by atoms with van der Waals surface area (Å²) in [7, 11) is 0. The molecule has 1 aromatic rings. The molecule has 0 amide bonds. The van der Waals surface area contributed by atoms with E-state index >= 15 is 0 Å². The van der Waals surface area contributed by atoms with Crippen LogP contribution in [0.1, 0.15) is 50.8 Å². The first-order chi connectivity index (χ1) is 13.5. The van der Waals surface area contributed by atoms with Gasteiger partial charge in [-0.05, 0) is 37.7 Å². The molecule has 0 N–H and O–H groups in total. The number of carbonyl (C=O) groups excluding carboxylic acids is 1. The molecule has 9 heteroatoms. The van der Waals surface area contributed by atoms with Crippen molar-refractivity contribution in [3.8, 4) is 0 Å². The number of hydrogen-bond donors (Lipinski definition) is 0. The van der Waals surface area contributed by atoms with Gasteiger partial charge in [-0.2, -0.15) is 13.2 Å². The Hall–Kier alpha value is -1.90. The van der Waals surface area contributed by atoms with Crippen molar-refractivity contribution in [1.29, 1.82) is 0 Å². The Balaban J connectivity index is 2.41. The number of nitrogens with zero attached hydrogens (tertiary/aromatic N) is 2. The van der Waals surface area contributed by atoms with Gasteiger partial charge in [0.05, 0.1) is 12.2 Å². The lowest BCUT2D eigenvalue weighted by Crippen LogP contribution is -2.34. The molecule has 2 heterocycles. The fourth-order valence-corrected chi connectivity index (χ4v) is 3.57. The molecule has 1 aliphatic rings. The Labute approximate surface area is 167 Å². The highest BCUT2D eigenvalue weighted by atomic mass is 19.4. The summed E-state index contributed by atoms with van der Waals surface area (Å²) in [6.45, 7) is 6.36. The first kappa shape index (κ1) is 23.4. The Morgan fingerprint density at radius 1 is 1.34 bits per heavy atom. The molecule has 0 bridgehead atoms. The van der Waals surface area contributed by atoms with E-state index in [0.29, 0.717) is 19.0 Å². The molecule has 5 nitrogen and oxygen atoms in total. The molecule has 1 fully saturated rings. The Bertz CT molecular complexity index is 761. The van der Waals surface area contributed by atoms with Crippen LogP contribution in [-0.2, 0) is 22.1 Å². The fourth-order valence-electron chi connectivity index (χ4n) is 3.57. The van der Waals surface area contributed by atoms with Crippen molar-refractivity contribution in [2.24, 2.45) is 5.92 Å². The lowest BCUT2D eigenvalue weighted by Gasteiger charge is -2.23. The molecule has 0 saturated carbocycles. The van der Waals surface area contributed by atoms with Crippen molar-refractivity contribution in [2.75, 3.05) is 26.2 Å². The number of hydrogen-bond acceptors (Lipinski definition) is 4. The maximum Gasteiger partial charge on any atom is 0.416 e. The van der Waals surface area contributed by atoms with Gasteiger partial charge >= 0.3 is 12.1 Å². The minimum atomic E-state index is -4.70. The summed E-state index contributed by atoms with van der Waals surface area (Å²) in [6, 6.07) is -0.449. The van der Waals surface area contributed by atoms with Gasteiger partial charge in [0.15, 0.2) is 0 Å². The zero-order valence-electron chi connectivity index (χ0n) is 17.0. The minimum absolute atomic E-state index is 0.000925. The molecule has 1 unspecified atom stereocenters. The third kappa shape index (κ3) is 6.29. The first-order valence-corrected chi connectivity index (χ1v) is 9.88. The molecule has 1 saturated heterocycles. The average Bonchev–Trinajstić information content (AvgIpc) is 3.03. The Morgan fingerprint density at radius 3 is 2.55 bits per heavy atom. The number of esters is 1. The normalized spacial score (nSPS) is 19.0. The summed E-state index contributed by atoms with van der Waals surface area (Å²) >= 11 is 0. The van der Waals surface area contributed by atoms with Crippen molar-refractivity contribution in [1.82, 2.24) is 9.47 Å². The van der Waals surface area contributed by atoms with E-state index in [1.807, 2.05) is 13.8 Å². The number of aromatic nitrogens is 1. The molecule has 0 spiro atoms. The number of rotatable bonds is 8. The quantitative estimate of drug-likeness (QED) is 0.476. The third-order valence-electron chi connectivity index (χ3n) is 4.97. The van der Waals surface area contributed by atoms with E-state index in [2.05, 4.69) is 0 Å². The number of pyridine rings is 1. The predicted molar refractivity (Wildman–Crippen MR) is 100 cm³/mol. The van der Waals surface area contributed by atoms with E-state index in [0.717, 1.165) is 10.8 Å². The standard InChI is InChI=1S/C20H28F4N2O3/c1-4-29-19(28)17(9-13(2)3)26-11-14(5-7-25-8-6-15(21)12-25)16(10-18(26)27)20(22,23)24/h10-11,13,15,17H,4-9,12H2,1-3H3/t15-,17?/m1/s1. The average molecular weight is 420 g/mol. The van der Waals surface area contributed by atoms with Crippen LogP contribution in [0.5, 0.6) is 0 Å². The SMILES string of the molecule is CCOC(=O)C(CC(C)C)n1cc(CCN2CC[C@@H](F)C2)c(C(F)(F)F)cc1=O. The summed E-state index contributed by atoms with van der Waals surface area (Å²) in [5, 5.41) is 0. The van der Waals surface area contributed by atoms with Crippen molar-refractivity contribution >= 4 is 5.97 Å². The topological polar surface area (TPSA) is 51.5 Å². The molecule has 0 radical (unpaired) electrons. The predicted octanol–water partition coefficient (Wildman–Crippen LogP) is 3.60. The zero-order valence-corrected chi connectivity index (χ0v) is 17.0. The van der Waals surface area contributed by atoms with Gasteiger partial charge < -0.3 is 14.2 Å². The van der Waals surface area contributed by atoms with Crippen LogP contribution in [0.15, 0.2) is 17.1 Å². The van der Waals surface area contributed by atoms with Gasteiger partial charge in [0.1, 0.15) is 12.2 Å². The van der Waals surface area contributed by atoms with Crippen molar-refractivity contribution in [2.45, 2.75) is 58.4 Å². The highest BCUT2D eigenvalue weighted by Gasteiger charge is 2.36. The van der Waals surface area contributed by atoms with Gasteiger partial charge in [-0.3, -0.25) is 4.79 Å². The van der Waals surface area contributed by atoms with Crippen LogP contribution in [0.25, 0.3) is 0 Å². The molecule has 2 rings (SSSR count). The maximum absolute atomic E-state index is 13.5. The van der Waals surface area contributed by atoms with Crippen LogP contribution < -0.4 is 5.56 Å². The first-order valence-electron chi connectivity index (χ1n) is 9.88. The number of carbonyl (C=O) groups is 1. The third-order valence-corrected chi connectivity index (χ3v) is 4.97. The molecule has 164 valence electrons. The van der Waals surface area contributed by atoms with Crippen molar-refractivity contribution in [3.63, 3.8) is 0 Å². The molecule has 0 aliphatic carbocycles. The minimum Gasteiger partial charge on any atom is -0.464 e. The van der Waals surface area contributed by atoms with Gasteiger partial charge in [-0.1, -0.05) is 13.8 Å². The van der Waals surface area contributed by atoms with Gasteiger partial charge in [-0.15, -0.1) is 0 Å². The van der Waals surface area contributed by atoms with E-state index in [4.69, 9.17) is 4.74 Å². The van der Waals surface area contributed by atoms with Crippen LogP contribution in [-0.4, -0.2) is 47.8 Å². The number of halogens is 4. The van der Waals surface area contributed by atoms with E-state index in [-0.39, 0.29) is 44.0 Å². The number of likely N-dealkylation sites (tertiary alicyclic amines) is 1. The molecular formula is C20H28F4N2O3. The fraction of sp³-hybridized carbons (Fsp3) is 0.700. The Kier molecular flexibility index (Phi) is 7.85. The zero-order chi connectivity index (χ0) is 21.8. The summed E-state index contributed by atoms with van der Waals surface area (Å²) in [6.07, 6.45) is -3.91. The summed E-state index contributed by atoms with van der Waals surface area (Å²) in [5.74, 6) is -0.623. The van der Waals surface area contributed by atoms with E-state index < -0.39 is 35.5 Å². The smallest absolute Gasteiger partial charge is 0.416 e. The van der Waals surface area contributed by atoms with Crippen molar-refractivity contribution in [3.05, 3.63) is 33.7 Å². The summed E-state index contributed by atoms with van der Waals surface area (Å²) < 4.78 is 59.9. The highest BCUT2D eigenvalue weighted by Crippen LogP contribution is 2.32. The van der Waals surface area contributed by atoms with Crippen LogP contribution in [0.4, 0.5) is 17.6 Å². The largest absolute Gasteiger partial charge is 0.464 e. The van der Waals surface area contributed by atoms with Gasteiger partial charge in [0, 0.05) is 31.9 Å². The van der Waals surface area contributed by atoms with Gasteiger partial charge in [0.2, 0.25) is 0 Å². The lowest BCUT2D eigenvalue weighted by atomic mass is 10.0. The second-order valence-corrected chi connectivity index (χ2v) is 7.79. The lowest BCUT2D eigenvalue weighted by molar-refractivity contribution is -0.147. The van der Waals surface area contributed by atoms with E-state index in [9.17, 15) is 27.2 Å². The second-order valence-electron chi connectivity index (χ2n) is 7.79. The van der Waals surface area contributed by atoms with Crippen LogP contribution in [0.3, 0.4) is 0 Å². The molecule has 0 aromatic carbocycles. The molecular weight excluding hydrogens is 392 g/mol. The van der Waals surface area contributed by atoms with Gasteiger partial charge in [0.25, 0.3) is 5.56 Å². The Morgan fingerprint density at radius 2 is 2.03 bits per heavy atom. The monoisotopic (exact) mass is 420 g/mol. The van der Waals surface area contributed by atoms with Crippen molar-refractivity contribution < 1.29 is 27.1 Å². The van der Waals surface area contributed by atoms with E-state index in [1.54, 1.807) is 11.8 Å². The maximum atomic E-state index is 13.5. The van der Waals surface area contributed by atoms with Crippen LogP contribution in [0.2, 0.25) is 0 Å². The van der Waals surface area contributed by atoms with E-state index in [1.165, 1.54) is 0 Å². The molecule has 1 aromatic heterocycles. The number of ether oxygens (including phenoxy) is 1. The second kappa shape index (κ2) is 9.73. The molecule has 1 aliphatic heterocycles. The molecule has 2 atom stereocenters. The molecule has 29 heavy (non-hydrogen) atoms. The van der Waals surface area contributed by atoms with Crippen LogP contribution >= 0.6 is 0 Å². The van der Waals surface area contributed by atoms with Gasteiger partial charge in [-0.25, -0.2) is 9.18 Å². The van der Waals surface area contributed by atoms with Crippen LogP contribution in [0, 0.1) is 5.92 Å². The summed E-state index contributed by atoms with van der Waals surface area (Å²) in [4.78, 5) is 26.6. The summed E-state index contributed by atoms with van der Waals surface area (Å²) in [5.41, 5.74) is -2.00. The highest BCUT2D eigenvalue weighted by molar-refractivity contribution is 5.74.